The minimum Gasteiger partial charge on any atom is -0.469 e. The SMILES string of the molecule is COC(=O)C1CN(C(=O)c2cc(N)ccc2Cl)CC1C. The van der Waals surface area contributed by atoms with Crippen molar-refractivity contribution < 1.29 is 14.3 Å². The zero-order chi connectivity index (χ0) is 14.9. The van der Waals surface area contributed by atoms with Crippen LogP contribution in [0.2, 0.25) is 5.02 Å². The maximum absolute atomic E-state index is 12.5. The predicted octanol–water partition coefficient (Wildman–Crippen LogP) is 1.80. The molecule has 6 heteroatoms. The fraction of sp³-hybridized carbons (Fsp3) is 0.429. The van der Waals surface area contributed by atoms with Gasteiger partial charge in [0.25, 0.3) is 5.91 Å². The van der Waals surface area contributed by atoms with E-state index in [1.165, 1.54) is 7.11 Å². The molecule has 0 spiro atoms. The third-order valence-corrected chi connectivity index (χ3v) is 3.95. The molecule has 1 aromatic carbocycles. The van der Waals surface area contributed by atoms with Gasteiger partial charge in [0, 0.05) is 18.8 Å². The van der Waals surface area contributed by atoms with Gasteiger partial charge in [0.15, 0.2) is 0 Å². The molecule has 2 rings (SSSR count). The smallest absolute Gasteiger partial charge is 0.310 e. The molecule has 1 amide bonds. The summed E-state index contributed by atoms with van der Waals surface area (Å²) in [6.45, 7) is 2.78. The van der Waals surface area contributed by atoms with E-state index in [-0.39, 0.29) is 23.7 Å². The van der Waals surface area contributed by atoms with Crippen LogP contribution in [0.15, 0.2) is 18.2 Å². The summed E-state index contributed by atoms with van der Waals surface area (Å²) in [5, 5.41) is 0.360. The van der Waals surface area contributed by atoms with Gasteiger partial charge in [-0.15, -0.1) is 0 Å². The van der Waals surface area contributed by atoms with Crippen LogP contribution < -0.4 is 5.73 Å². The maximum atomic E-state index is 12.5. The first-order valence-corrected chi connectivity index (χ1v) is 6.74. The van der Waals surface area contributed by atoms with Crippen molar-refractivity contribution in [2.45, 2.75) is 6.92 Å². The summed E-state index contributed by atoms with van der Waals surface area (Å²) >= 11 is 6.04. The lowest BCUT2D eigenvalue weighted by Crippen LogP contribution is -2.30. The Hall–Kier alpha value is -1.75. The number of nitrogens with zero attached hydrogens (tertiary/aromatic N) is 1. The number of halogens is 1. The van der Waals surface area contributed by atoms with E-state index in [0.717, 1.165) is 0 Å². The maximum Gasteiger partial charge on any atom is 0.310 e. The number of amides is 1. The fourth-order valence-electron chi connectivity index (χ4n) is 2.47. The number of benzene rings is 1. The lowest BCUT2D eigenvalue weighted by atomic mass is 9.99. The predicted molar refractivity (Wildman–Crippen MR) is 76.4 cm³/mol. The molecule has 2 N–H and O–H groups in total. The minimum absolute atomic E-state index is 0.0613. The molecule has 2 unspecified atom stereocenters. The van der Waals surface area contributed by atoms with Gasteiger partial charge in [-0.3, -0.25) is 9.59 Å². The molecule has 0 saturated carbocycles. The molecular formula is C14H17ClN2O3. The molecule has 1 saturated heterocycles. The number of methoxy groups -OCH3 is 1. The van der Waals surface area contributed by atoms with Crippen LogP contribution in [0.25, 0.3) is 0 Å². The number of carbonyl (C=O) groups is 2. The van der Waals surface area contributed by atoms with Gasteiger partial charge in [0.1, 0.15) is 0 Å². The van der Waals surface area contributed by atoms with Crippen LogP contribution in [-0.2, 0) is 9.53 Å². The summed E-state index contributed by atoms with van der Waals surface area (Å²) in [6.07, 6.45) is 0. The Morgan fingerprint density at radius 2 is 2.10 bits per heavy atom. The van der Waals surface area contributed by atoms with E-state index in [2.05, 4.69) is 0 Å². The molecule has 1 heterocycles. The van der Waals surface area contributed by atoms with Gasteiger partial charge in [-0.05, 0) is 24.1 Å². The summed E-state index contributed by atoms with van der Waals surface area (Å²) in [5.41, 5.74) is 6.53. The Bertz CT molecular complexity index is 547. The van der Waals surface area contributed by atoms with Crippen LogP contribution in [0.5, 0.6) is 0 Å². The summed E-state index contributed by atoms with van der Waals surface area (Å²) in [7, 11) is 1.36. The van der Waals surface area contributed by atoms with Crippen LogP contribution in [0.4, 0.5) is 5.69 Å². The Morgan fingerprint density at radius 3 is 2.75 bits per heavy atom. The Morgan fingerprint density at radius 1 is 1.40 bits per heavy atom. The monoisotopic (exact) mass is 296 g/mol. The van der Waals surface area contributed by atoms with E-state index in [1.54, 1.807) is 23.1 Å². The molecular weight excluding hydrogens is 280 g/mol. The van der Waals surface area contributed by atoms with Crippen molar-refractivity contribution in [2.24, 2.45) is 11.8 Å². The summed E-state index contributed by atoms with van der Waals surface area (Å²) in [5.74, 6) is -0.720. The largest absolute Gasteiger partial charge is 0.469 e. The third-order valence-electron chi connectivity index (χ3n) is 3.62. The first-order chi connectivity index (χ1) is 9.43. The van der Waals surface area contributed by atoms with Crippen molar-refractivity contribution in [3.8, 4) is 0 Å². The van der Waals surface area contributed by atoms with E-state index in [1.807, 2.05) is 6.92 Å². The molecule has 2 atom stereocenters. The number of hydrogen-bond acceptors (Lipinski definition) is 4. The average molecular weight is 297 g/mol. The van der Waals surface area contributed by atoms with Crippen LogP contribution >= 0.6 is 11.6 Å². The van der Waals surface area contributed by atoms with E-state index in [9.17, 15) is 9.59 Å². The highest BCUT2D eigenvalue weighted by Crippen LogP contribution is 2.28. The molecule has 0 aromatic heterocycles. The van der Waals surface area contributed by atoms with Crippen molar-refractivity contribution in [2.75, 3.05) is 25.9 Å². The number of carbonyl (C=O) groups excluding carboxylic acids is 2. The molecule has 1 aliphatic rings. The Balaban J connectivity index is 2.19. The summed E-state index contributed by atoms with van der Waals surface area (Å²) in [4.78, 5) is 25.7. The zero-order valence-corrected chi connectivity index (χ0v) is 12.2. The van der Waals surface area contributed by atoms with Crippen molar-refractivity contribution >= 4 is 29.2 Å². The van der Waals surface area contributed by atoms with Crippen LogP contribution in [0.1, 0.15) is 17.3 Å². The molecule has 20 heavy (non-hydrogen) atoms. The van der Waals surface area contributed by atoms with Crippen LogP contribution in [0, 0.1) is 11.8 Å². The summed E-state index contributed by atoms with van der Waals surface area (Å²) in [6, 6.07) is 4.80. The zero-order valence-electron chi connectivity index (χ0n) is 11.4. The van der Waals surface area contributed by atoms with E-state index >= 15 is 0 Å². The van der Waals surface area contributed by atoms with E-state index in [0.29, 0.717) is 29.4 Å². The number of hydrogen-bond donors (Lipinski definition) is 1. The molecule has 1 aliphatic heterocycles. The molecule has 5 nitrogen and oxygen atoms in total. The fourth-order valence-corrected chi connectivity index (χ4v) is 2.67. The molecule has 1 aromatic rings. The number of nitrogen functional groups attached to an aromatic ring is 1. The second-order valence-electron chi connectivity index (χ2n) is 5.06. The van der Waals surface area contributed by atoms with Gasteiger partial charge in [-0.2, -0.15) is 0 Å². The number of ether oxygens (including phenoxy) is 1. The number of rotatable bonds is 2. The van der Waals surface area contributed by atoms with Gasteiger partial charge in [-0.1, -0.05) is 18.5 Å². The van der Waals surface area contributed by atoms with E-state index in [4.69, 9.17) is 22.1 Å². The highest BCUT2D eigenvalue weighted by atomic mass is 35.5. The first-order valence-electron chi connectivity index (χ1n) is 6.36. The van der Waals surface area contributed by atoms with Gasteiger partial charge in [-0.25, -0.2) is 0 Å². The van der Waals surface area contributed by atoms with Crippen molar-refractivity contribution in [1.82, 2.24) is 4.90 Å². The van der Waals surface area contributed by atoms with Gasteiger partial charge in [0.2, 0.25) is 0 Å². The number of nitrogens with two attached hydrogens (primary N) is 1. The van der Waals surface area contributed by atoms with Crippen LogP contribution in [-0.4, -0.2) is 37.0 Å². The van der Waals surface area contributed by atoms with Crippen molar-refractivity contribution in [3.05, 3.63) is 28.8 Å². The average Bonchev–Trinajstić information content (AvgIpc) is 2.82. The van der Waals surface area contributed by atoms with Gasteiger partial charge >= 0.3 is 5.97 Å². The lowest BCUT2D eigenvalue weighted by Gasteiger charge is -2.17. The Kier molecular flexibility index (Phi) is 4.18. The molecule has 0 radical (unpaired) electrons. The van der Waals surface area contributed by atoms with E-state index < -0.39 is 0 Å². The van der Waals surface area contributed by atoms with Crippen LogP contribution in [0.3, 0.4) is 0 Å². The molecule has 0 bridgehead atoms. The number of likely N-dealkylation sites (tertiary alicyclic amines) is 1. The van der Waals surface area contributed by atoms with Crippen molar-refractivity contribution in [3.63, 3.8) is 0 Å². The standard InChI is InChI=1S/C14H17ClN2O3/c1-8-6-17(7-11(8)14(19)20-2)13(18)10-5-9(16)3-4-12(10)15/h3-5,8,11H,6-7,16H2,1-2H3. The highest BCUT2D eigenvalue weighted by molar-refractivity contribution is 6.34. The van der Waals surface area contributed by atoms with Crippen molar-refractivity contribution in [1.29, 1.82) is 0 Å². The third kappa shape index (κ3) is 2.72. The van der Waals surface area contributed by atoms with Gasteiger partial charge < -0.3 is 15.4 Å². The second-order valence-corrected chi connectivity index (χ2v) is 5.46. The molecule has 0 aliphatic carbocycles. The number of esters is 1. The normalized spacial score (nSPS) is 21.9. The van der Waals surface area contributed by atoms with Gasteiger partial charge in [0.05, 0.1) is 23.6 Å². The molecule has 108 valence electrons. The first kappa shape index (κ1) is 14.7. The summed E-state index contributed by atoms with van der Waals surface area (Å²) < 4.78 is 4.76. The quantitative estimate of drug-likeness (QED) is 0.667. The minimum atomic E-state index is -0.288. The lowest BCUT2D eigenvalue weighted by molar-refractivity contribution is -0.146. The highest BCUT2D eigenvalue weighted by Gasteiger charge is 2.38. The topological polar surface area (TPSA) is 72.6 Å². The Labute approximate surface area is 122 Å². The molecule has 1 fully saturated rings. The second kappa shape index (κ2) is 5.71. The number of anilines is 1.